The largest absolute Gasteiger partial charge is 0.466 e. The lowest BCUT2D eigenvalue weighted by Gasteiger charge is -2.32. The van der Waals surface area contributed by atoms with E-state index in [-0.39, 0.29) is 30.2 Å². The van der Waals surface area contributed by atoms with Gasteiger partial charge in [0.05, 0.1) is 35.2 Å². The van der Waals surface area contributed by atoms with E-state index in [0.717, 1.165) is 10.6 Å². The number of aromatic nitrogens is 2. The zero-order valence-corrected chi connectivity index (χ0v) is 20.2. The summed E-state index contributed by atoms with van der Waals surface area (Å²) in [7, 11) is 1.63. The summed E-state index contributed by atoms with van der Waals surface area (Å²) < 4.78 is 6.79. The molecule has 0 N–H and O–H groups in total. The number of amides is 2. The Balaban J connectivity index is 1.46. The summed E-state index contributed by atoms with van der Waals surface area (Å²) in [5.41, 5.74) is 1.89. The number of para-hydroxylation sites is 1. The maximum Gasteiger partial charge on any atom is 0.309 e. The number of benzene rings is 1. The van der Waals surface area contributed by atoms with Gasteiger partial charge in [-0.3, -0.25) is 14.4 Å². The summed E-state index contributed by atoms with van der Waals surface area (Å²) in [6.07, 6.45) is 2.88. The minimum Gasteiger partial charge on any atom is -0.466 e. The molecule has 34 heavy (non-hydrogen) atoms. The van der Waals surface area contributed by atoms with E-state index in [4.69, 9.17) is 4.74 Å². The fraction of sp³-hybridized carbons (Fsp3) is 0.360. The molecule has 0 bridgehead atoms. The van der Waals surface area contributed by atoms with Gasteiger partial charge >= 0.3 is 5.97 Å². The van der Waals surface area contributed by atoms with Gasteiger partial charge in [-0.25, -0.2) is 4.68 Å². The fourth-order valence-corrected chi connectivity index (χ4v) is 4.77. The van der Waals surface area contributed by atoms with Gasteiger partial charge < -0.3 is 14.5 Å². The Morgan fingerprint density at radius 3 is 2.50 bits per heavy atom. The first kappa shape index (κ1) is 23.7. The Morgan fingerprint density at radius 2 is 1.85 bits per heavy atom. The molecule has 4 rings (SSSR count). The molecule has 2 aromatic heterocycles. The number of nitrogens with zero attached hydrogens (tertiary/aromatic N) is 4. The summed E-state index contributed by atoms with van der Waals surface area (Å²) in [4.78, 5) is 42.2. The summed E-state index contributed by atoms with van der Waals surface area (Å²) in [6, 6.07) is 13.5. The predicted octanol–water partition coefficient (Wildman–Crippen LogP) is 3.47. The van der Waals surface area contributed by atoms with Crippen molar-refractivity contribution in [3.63, 3.8) is 0 Å². The summed E-state index contributed by atoms with van der Waals surface area (Å²) >= 11 is 1.51. The average molecular weight is 481 g/mol. The molecule has 0 unspecified atom stereocenters. The van der Waals surface area contributed by atoms with E-state index in [2.05, 4.69) is 5.10 Å². The van der Waals surface area contributed by atoms with Crippen molar-refractivity contribution in [1.29, 1.82) is 0 Å². The van der Waals surface area contributed by atoms with Crippen LogP contribution in [0.3, 0.4) is 0 Å². The maximum absolute atomic E-state index is 13.4. The third-order valence-corrected chi connectivity index (χ3v) is 6.78. The van der Waals surface area contributed by atoms with Crippen LogP contribution in [0.2, 0.25) is 0 Å². The van der Waals surface area contributed by atoms with Gasteiger partial charge in [-0.15, -0.1) is 11.3 Å². The predicted molar refractivity (Wildman–Crippen MR) is 130 cm³/mol. The van der Waals surface area contributed by atoms with Gasteiger partial charge in [0.2, 0.25) is 5.91 Å². The molecule has 0 atom stereocenters. The molecule has 0 spiro atoms. The highest BCUT2D eigenvalue weighted by molar-refractivity contribution is 7.13. The monoisotopic (exact) mass is 480 g/mol. The topological polar surface area (TPSA) is 84.7 Å². The van der Waals surface area contributed by atoms with Crippen molar-refractivity contribution in [2.24, 2.45) is 5.92 Å². The molecule has 1 aromatic carbocycles. The number of rotatable bonds is 7. The van der Waals surface area contributed by atoms with Gasteiger partial charge in [0, 0.05) is 26.3 Å². The summed E-state index contributed by atoms with van der Waals surface area (Å²) in [6.45, 7) is 3.08. The van der Waals surface area contributed by atoms with E-state index in [1.807, 2.05) is 47.8 Å². The van der Waals surface area contributed by atoms with Gasteiger partial charge in [0.1, 0.15) is 5.69 Å². The minimum absolute atomic E-state index is 0.0384. The number of hydrogen-bond donors (Lipinski definition) is 0. The van der Waals surface area contributed by atoms with E-state index >= 15 is 0 Å². The van der Waals surface area contributed by atoms with Crippen molar-refractivity contribution in [2.45, 2.75) is 19.8 Å². The summed E-state index contributed by atoms with van der Waals surface area (Å²) in [5.74, 6) is -0.759. The van der Waals surface area contributed by atoms with Crippen LogP contribution >= 0.6 is 11.3 Å². The number of piperidine rings is 1. The molecule has 8 nitrogen and oxygen atoms in total. The van der Waals surface area contributed by atoms with Crippen LogP contribution in [0.25, 0.3) is 16.3 Å². The van der Waals surface area contributed by atoms with Crippen LogP contribution in [0.15, 0.2) is 54.0 Å². The lowest BCUT2D eigenvalue weighted by molar-refractivity contribution is -0.151. The van der Waals surface area contributed by atoms with E-state index in [9.17, 15) is 14.4 Å². The minimum atomic E-state index is -0.264. The third-order valence-electron chi connectivity index (χ3n) is 5.91. The number of carbonyl (C=O) groups is 3. The second-order valence-corrected chi connectivity index (χ2v) is 9.16. The van der Waals surface area contributed by atoms with Crippen molar-refractivity contribution in [1.82, 2.24) is 19.6 Å². The van der Waals surface area contributed by atoms with Gasteiger partial charge in [0.15, 0.2) is 0 Å². The molecular formula is C25H28N4O4S. The average Bonchev–Trinajstić information content (AvgIpc) is 3.54. The Morgan fingerprint density at radius 1 is 1.12 bits per heavy atom. The van der Waals surface area contributed by atoms with Crippen LogP contribution in [0, 0.1) is 5.92 Å². The number of carbonyl (C=O) groups excluding carboxylic acids is 3. The van der Waals surface area contributed by atoms with Gasteiger partial charge in [0.25, 0.3) is 5.91 Å². The summed E-state index contributed by atoms with van der Waals surface area (Å²) in [5, 5.41) is 6.62. The smallest absolute Gasteiger partial charge is 0.309 e. The van der Waals surface area contributed by atoms with Crippen molar-refractivity contribution < 1.29 is 19.1 Å². The molecule has 3 aromatic rings. The highest BCUT2D eigenvalue weighted by atomic mass is 32.1. The quantitative estimate of drug-likeness (QED) is 0.484. The SMILES string of the molecule is CCOC(=O)C1CCN(C(=O)CN(C)C(=O)c2cn(-c3ccccc3)nc2-c2cccs2)CC1. The maximum atomic E-state index is 13.4. The van der Waals surface area contributed by atoms with Gasteiger partial charge in [-0.1, -0.05) is 24.3 Å². The first-order valence-electron chi connectivity index (χ1n) is 11.4. The lowest BCUT2D eigenvalue weighted by atomic mass is 9.97. The molecule has 1 saturated heterocycles. The van der Waals surface area contributed by atoms with E-state index in [1.165, 1.54) is 16.2 Å². The van der Waals surface area contributed by atoms with Gasteiger partial charge in [-0.2, -0.15) is 5.10 Å². The Kier molecular flexibility index (Phi) is 7.42. The Hall–Kier alpha value is -3.46. The van der Waals surface area contributed by atoms with Crippen LogP contribution in [-0.4, -0.2) is 70.7 Å². The number of esters is 1. The molecule has 1 aliphatic rings. The first-order chi connectivity index (χ1) is 16.5. The zero-order valence-electron chi connectivity index (χ0n) is 19.3. The second-order valence-electron chi connectivity index (χ2n) is 8.22. The molecule has 0 saturated carbocycles. The number of thiophene rings is 1. The molecule has 1 fully saturated rings. The number of likely N-dealkylation sites (N-methyl/N-ethyl adjacent to an activating group) is 1. The van der Waals surface area contributed by atoms with Crippen LogP contribution < -0.4 is 0 Å². The van der Waals surface area contributed by atoms with Crippen LogP contribution in [0.5, 0.6) is 0 Å². The van der Waals surface area contributed by atoms with Crippen LogP contribution in [0.1, 0.15) is 30.1 Å². The number of hydrogen-bond acceptors (Lipinski definition) is 6. The highest BCUT2D eigenvalue weighted by Crippen LogP contribution is 2.28. The molecule has 2 amide bonds. The molecule has 9 heteroatoms. The van der Waals surface area contributed by atoms with E-state index in [1.54, 1.807) is 29.7 Å². The Labute approximate surface area is 202 Å². The van der Waals surface area contributed by atoms with E-state index < -0.39 is 0 Å². The van der Waals surface area contributed by atoms with Crippen molar-refractivity contribution in [2.75, 3.05) is 33.3 Å². The van der Waals surface area contributed by atoms with Crippen LogP contribution in [-0.2, 0) is 14.3 Å². The molecular weight excluding hydrogens is 452 g/mol. The Bertz CT molecular complexity index is 1140. The third kappa shape index (κ3) is 5.20. The number of likely N-dealkylation sites (tertiary alicyclic amines) is 1. The molecule has 3 heterocycles. The zero-order chi connectivity index (χ0) is 24.1. The molecule has 1 aliphatic heterocycles. The van der Waals surface area contributed by atoms with Crippen LogP contribution in [0.4, 0.5) is 0 Å². The van der Waals surface area contributed by atoms with E-state index in [0.29, 0.717) is 43.8 Å². The fourth-order valence-electron chi connectivity index (χ4n) is 4.04. The lowest BCUT2D eigenvalue weighted by Crippen LogP contribution is -2.45. The molecule has 178 valence electrons. The van der Waals surface area contributed by atoms with Crippen molar-refractivity contribution >= 4 is 29.1 Å². The first-order valence-corrected chi connectivity index (χ1v) is 12.2. The number of ether oxygens (including phenoxy) is 1. The highest BCUT2D eigenvalue weighted by Gasteiger charge is 2.30. The normalized spacial score (nSPS) is 14.1. The standard InChI is InChI=1S/C25H28N4O4S/c1-3-33-25(32)18-11-13-28(14-12-18)22(30)17-27(2)24(31)20-16-29(19-8-5-4-6-9-19)26-23(20)21-10-7-15-34-21/h4-10,15-16,18H,3,11-14,17H2,1-2H3. The van der Waals surface area contributed by atoms with Gasteiger partial charge in [-0.05, 0) is 43.3 Å². The van der Waals surface area contributed by atoms with Crippen molar-refractivity contribution in [3.8, 4) is 16.3 Å². The molecule has 0 aliphatic carbocycles. The van der Waals surface area contributed by atoms with Crippen molar-refractivity contribution in [3.05, 3.63) is 59.6 Å². The molecule has 0 radical (unpaired) electrons. The second kappa shape index (κ2) is 10.6.